The molecule has 0 spiro atoms. The first kappa shape index (κ1) is 144. The van der Waals surface area contributed by atoms with Gasteiger partial charge in [-0.25, -0.2) is 9.59 Å². The van der Waals surface area contributed by atoms with Crippen molar-refractivity contribution in [3.05, 3.63) is 35.4 Å². The highest BCUT2D eigenvalue weighted by atomic mass is 16.6. The Bertz CT molecular complexity index is 2830. The van der Waals surface area contributed by atoms with Gasteiger partial charge in [0, 0.05) is 51.4 Å². The SMILES string of the molecule is CC(C)CCCCCCCOC(=O)CCCCC(=O)OCCCCCCCC(C)C.CC(C)CCCCCOC(=O)CCCCC(=O)OCCCCCC(C)C.CC(C)CCCCCOC(=O)c1ccccc1C(=O)OCCCCCC(C)C.CC(C)CCCCOC(=O)CCCCC(=O)OCCCCC(C)C.CCCCCCCCCCCCCOC(=O)CCCCC(=O)OCCCCCCCCCCCCC. The largest absolute Gasteiger partial charge is 0.466 e. The lowest BCUT2D eigenvalue weighted by molar-refractivity contribution is -0.146. The number of ether oxygens (including phenoxy) is 10. The minimum absolute atomic E-state index is 0.128. The van der Waals surface area contributed by atoms with Crippen molar-refractivity contribution in [3.63, 3.8) is 0 Å². The van der Waals surface area contributed by atoms with Crippen LogP contribution in [0.3, 0.4) is 0 Å². The quantitative estimate of drug-likeness (QED) is 0.0333. The third-order valence-electron chi connectivity index (χ3n) is 25.4. The highest BCUT2D eigenvalue weighted by molar-refractivity contribution is 6.03. The van der Waals surface area contributed by atoms with Crippen LogP contribution in [0.15, 0.2) is 24.3 Å². The molecule has 1 aromatic carbocycles. The van der Waals surface area contributed by atoms with Gasteiger partial charge in [0.25, 0.3) is 0 Å². The molecule has 0 aromatic heterocycles. The summed E-state index contributed by atoms with van der Waals surface area (Å²) in [6.45, 7) is 45.1. The topological polar surface area (TPSA) is 263 Å². The summed E-state index contributed by atoms with van der Waals surface area (Å²) in [6, 6.07) is 6.73. The summed E-state index contributed by atoms with van der Waals surface area (Å²) < 4.78 is 52.7. The van der Waals surface area contributed by atoms with Crippen LogP contribution in [0.25, 0.3) is 0 Å². The fourth-order valence-corrected chi connectivity index (χ4v) is 16.1. The predicted molar refractivity (Wildman–Crippen MR) is 597 cm³/mol. The predicted octanol–water partition coefficient (Wildman–Crippen LogP) is 35.7. The van der Waals surface area contributed by atoms with Crippen LogP contribution in [0.5, 0.6) is 0 Å². The molecule has 0 bridgehead atoms. The van der Waals surface area contributed by atoms with Crippen LogP contribution in [-0.2, 0) is 85.7 Å². The summed E-state index contributed by atoms with van der Waals surface area (Å²) in [6.07, 6.45) is 75.6. The second-order valence-electron chi connectivity index (χ2n) is 44.1. The Morgan fingerprint density at radius 3 is 0.431 bits per heavy atom. The molecule has 0 aliphatic rings. The first-order valence-electron chi connectivity index (χ1n) is 60.0. The van der Waals surface area contributed by atoms with Gasteiger partial charge in [0.1, 0.15) is 0 Å². The maximum absolute atomic E-state index is 12.4. The van der Waals surface area contributed by atoms with E-state index in [0.717, 1.165) is 165 Å². The summed E-state index contributed by atoms with van der Waals surface area (Å²) in [5.41, 5.74) is 0.573. The van der Waals surface area contributed by atoms with Crippen LogP contribution >= 0.6 is 0 Å². The molecule has 144 heavy (non-hydrogen) atoms. The van der Waals surface area contributed by atoms with Gasteiger partial charge in [-0.05, 0) is 188 Å². The van der Waals surface area contributed by atoms with Gasteiger partial charge in [-0.1, -0.05) is 419 Å². The van der Waals surface area contributed by atoms with Crippen molar-refractivity contribution in [1.29, 1.82) is 0 Å². The Hall–Kier alpha value is -6.08. The first-order valence-corrected chi connectivity index (χ1v) is 60.0. The van der Waals surface area contributed by atoms with Gasteiger partial charge >= 0.3 is 59.7 Å². The van der Waals surface area contributed by atoms with E-state index in [1.807, 2.05) is 0 Å². The molecular weight excluding hydrogens is 1810 g/mol. The van der Waals surface area contributed by atoms with Crippen molar-refractivity contribution in [3.8, 4) is 0 Å². The normalized spacial score (nSPS) is 11.1. The lowest BCUT2D eigenvalue weighted by atomic mass is 10.0. The molecule has 0 aliphatic heterocycles. The molecule has 0 unspecified atom stereocenters. The summed E-state index contributed by atoms with van der Waals surface area (Å²) in [7, 11) is 0. The second-order valence-corrected chi connectivity index (χ2v) is 44.1. The average Bonchev–Trinajstić information content (AvgIpc) is 0.842. The molecule has 0 amide bonds. The fraction of sp³-hybridized carbons (Fsp3) is 0.871. The number of unbranched alkanes of at least 4 members (excludes halogenated alkanes) is 42. The third kappa shape index (κ3) is 121. The van der Waals surface area contributed by atoms with E-state index >= 15 is 0 Å². The molecule has 20 nitrogen and oxygen atoms in total. The lowest BCUT2D eigenvalue weighted by Gasteiger charge is -2.10. The number of carbonyl (C=O) groups is 10. The van der Waals surface area contributed by atoms with Crippen molar-refractivity contribution >= 4 is 59.7 Å². The van der Waals surface area contributed by atoms with E-state index in [4.69, 9.17) is 47.4 Å². The van der Waals surface area contributed by atoms with Gasteiger partial charge in [0.05, 0.1) is 77.2 Å². The van der Waals surface area contributed by atoms with Crippen LogP contribution in [-0.4, -0.2) is 126 Å². The van der Waals surface area contributed by atoms with E-state index in [0.29, 0.717) is 192 Å². The van der Waals surface area contributed by atoms with Crippen molar-refractivity contribution in [1.82, 2.24) is 0 Å². The highest BCUT2D eigenvalue weighted by Crippen LogP contribution is 2.22. The third-order valence-corrected chi connectivity index (χ3v) is 25.4. The van der Waals surface area contributed by atoms with Crippen LogP contribution in [0.4, 0.5) is 0 Å². The van der Waals surface area contributed by atoms with Crippen LogP contribution in [0, 0.1) is 47.3 Å². The number of rotatable bonds is 96. The van der Waals surface area contributed by atoms with Crippen LogP contribution < -0.4 is 0 Å². The molecule has 0 fully saturated rings. The Morgan fingerprint density at radius 1 is 0.160 bits per heavy atom. The van der Waals surface area contributed by atoms with Crippen molar-refractivity contribution in [2.24, 2.45) is 47.3 Å². The van der Waals surface area contributed by atoms with Gasteiger partial charge in [0.2, 0.25) is 0 Å². The van der Waals surface area contributed by atoms with Gasteiger partial charge in [-0.3, -0.25) is 38.4 Å². The Kier molecular flexibility index (Phi) is 113. The van der Waals surface area contributed by atoms with E-state index in [1.54, 1.807) is 24.3 Å². The minimum Gasteiger partial charge on any atom is -0.466 e. The van der Waals surface area contributed by atoms with Gasteiger partial charge < -0.3 is 47.4 Å². The molecule has 0 saturated carbocycles. The minimum atomic E-state index is -0.451. The van der Waals surface area contributed by atoms with E-state index < -0.39 is 11.9 Å². The molecule has 846 valence electrons. The Labute approximate surface area is 885 Å². The zero-order chi connectivity index (χ0) is 107. The van der Waals surface area contributed by atoms with Crippen molar-refractivity contribution in [2.45, 2.75) is 587 Å². The molecule has 1 aromatic rings. The van der Waals surface area contributed by atoms with Crippen molar-refractivity contribution in [2.75, 3.05) is 66.1 Å². The molecule has 20 heteroatoms. The number of carbonyl (C=O) groups excluding carboxylic acids is 10. The maximum Gasteiger partial charge on any atom is 0.339 e. The van der Waals surface area contributed by atoms with Crippen molar-refractivity contribution < 1.29 is 95.3 Å². The number of esters is 10. The van der Waals surface area contributed by atoms with E-state index in [-0.39, 0.29) is 58.9 Å². The highest BCUT2D eigenvalue weighted by Gasteiger charge is 2.20. The smallest absolute Gasteiger partial charge is 0.339 e. The molecule has 0 saturated heterocycles. The van der Waals surface area contributed by atoms with E-state index in [1.165, 1.54) is 218 Å². The fourth-order valence-electron chi connectivity index (χ4n) is 16.1. The molecule has 1 rings (SSSR count). The second kappa shape index (κ2) is 113. The monoisotopic (exact) mass is 2040 g/mol. The standard InChI is InChI=1S/C32H62O4.C26H50O4.C24H38O4.C22H42O4.C20H38O4/c1-3-5-7-9-11-13-15-17-19-21-25-29-35-31(33)27-23-24-28-32(34)36-30-26-22-20-18-16-14-12-10-8-6-4-2;1-23(2)17-11-7-5-9-15-21-29-25(27)19-13-14-20-26(28)30-22-16-10-6-8-12-18-24(3)4;1-19(2)13-7-5-11-17-27-23(25)21-15-9-10-16-22(21)24(26)28-18-12-6-8-14-20(3)4;1-19(2)13-7-5-11-17-25-21(23)15-9-10-16-22(24)26-18-12-6-8-14-20(3)4;1-17(2)11-7-9-15-23-19(21)13-5-6-14-20(22)24-16-10-8-12-18(3)4/h3-30H2,1-2H3;23-24H,5-22H2,1-4H3;9-10,15-16,19-20H,5-8,11-14,17-18H2,1-4H3;19-20H,5-18H2,1-4H3;17-18H,5-16H2,1-4H3. The summed E-state index contributed by atoms with van der Waals surface area (Å²) in [4.78, 5) is 118. The lowest BCUT2D eigenvalue weighted by Crippen LogP contribution is -2.15. The Balaban J connectivity index is -0.000000856. The average molecular weight is 2040 g/mol. The number of hydrogen-bond donors (Lipinski definition) is 0. The number of benzene rings is 1. The van der Waals surface area contributed by atoms with Crippen LogP contribution in [0.2, 0.25) is 0 Å². The molecule has 0 heterocycles. The molecule has 0 aliphatic carbocycles. The molecule has 0 atom stereocenters. The van der Waals surface area contributed by atoms with E-state index in [2.05, 4.69) is 125 Å². The molecule has 0 N–H and O–H groups in total. The van der Waals surface area contributed by atoms with Crippen LogP contribution in [0.1, 0.15) is 608 Å². The summed E-state index contributed by atoms with van der Waals surface area (Å²) >= 11 is 0. The summed E-state index contributed by atoms with van der Waals surface area (Å²) in [5.74, 6) is 3.86. The summed E-state index contributed by atoms with van der Waals surface area (Å²) in [5, 5.41) is 0. The number of hydrogen-bond acceptors (Lipinski definition) is 20. The van der Waals surface area contributed by atoms with Gasteiger partial charge in [0.15, 0.2) is 0 Å². The Morgan fingerprint density at radius 2 is 0.278 bits per heavy atom. The first-order chi connectivity index (χ1) is 69.4. The maximum atomic E-state index is 12.4. The van der Waals surface area contributed by atoms with E-state index in [9.17, 15) is 47.9 Å². The zero-order valence-corrected chi connectivity index (χ0v) is 97.1. The van der Waals surface area contributed by atoms with Gasteiger partial charge in [-0.2, -0.15) is 0 Å². The molecule has 0 radical (unpaired) electrons. The zero-order valence-electron chi connectivity index (χ0n) is 97.1. The molecular formula is C124H230O20. The van der Waals surface area contributed by atoms with Gasteiger partial charge in [-0.15, -0.1) is 0 Å².